The normalized spacial score (nSPS) is 14.3. The number of nitrogens with zero attached hydrogens (tertiary/aromatic N) is 3. The van der Waals surface area contributed by atoms with E-state index in [9.17, 15) is 9.59 Å². The standard InChI is InChI=1S/C19H22N4O2/c1-14-4-3-5-15(2)18(14)21-16-6-7-17(20-12-16)19(25)23-10-8-22(13-24)9-11-23/h3-7,12-13,21H,8-11H2,1-2H3. The monoisotopic (exact) mass is 338 g/mol. The van der Waals surface area contributed by atoms with Crippen molar-refractivity contribution in [3.63, 3.8) is 0 Å². The highest BCUT2D eigenvalue weighted by atomic mass is 16.2. The molecule has 1 aromatic carbocycles. The first-order valence-corrected chi connectivity index (χ1v) is 8.36. The van der Waals surface area contributed by atoms with Gasteiger partial charge in [-0.3, -0.25) is 9.59 Å². The first-order valence-electron chi connectivity index (χ1n) is 8.36. The van der Waals surface area contributed by atoms with Gasteiger partial charge in [-0.1, -0.05) is 18.2 Å². The van der Waals surface area contributed by atoms with Gasteiger partial charge in [0.05, 0.1) is 11.9 Å². The summed E-state index contributed by atoms with van der Waals surface area (Å²) in [5.41, 5.74) is 4.65. The molecule has 0 bridgehead atoms. The Morgan fingerprint density at radius 1 is 1.08 bits per heavy atom. The average molecular weight is 338 g/mol. The van der Waals surface area contributed by atoms with Crippen molar-refractivity contribution >= 4 is 23.7 Å². The van der Waals surface area contributed by atoms with Gasteiger partial charge in [0, 0.05) is 31.9 Å². The summed E-state index contributed by atoms with van der Waals surface area (Å²) in [5, 5.41) is 3.37. The molecule has 6 heteroatoms. The molecule has 0 saturated carbocycles. The van der Waals surface area contributed by atoms with Crippen LogP contribution >= 0.6 is 0 Å². The minimum absolute atomic E-state index is 0.0934. The number of hydrogen-bond acceptors (Lipinski definition) is 4. The average Bonchev–Trinajstić information content (AvgIpc) is 2.65. The van der Waals surface area contributed by atoms with Crippen molar-refractivity contribution in [2.24, 2.45) is 0 Å². The molecular weight excluding hydrogens is 316 g/mol. The largest absolute Gasteiger partial charge is 0.354 e. The minimum atomic E-state index is -0.0934. The number of pyridine rings is 1. The third kappa shape index (κ3) is 3.79. The minimum Gasteiger partial charge on any atom is -0.354 e. The lowest BCUT2D eigenvalue weighted by Gasteiger charge is -2.32. The fraction of sp³-hybridized carbons (Fsp3) is 0.316. The van der Waals surface area contributed by atoms with Crippen LogP contribution in [0.5, 0.6) is 0 Å². The van der Waals surface area contributed by atoms with Crippen molar-refractivity contribution in [1.82, 2.24) is 14.8 Å². The summed E-state index contributed by atoms with van der Waals surface area (Å²) >= 11 is 0. The van der Waals surface area contributed by atoms with Gasteiger partial charge in [0.15, 0.2) is 0 Å². The Bertz CT molecular complexity index is 745. The Labute approximate surface area is 147 Å². The molecule has 0 aliphatic carbocycles. The van der Waals surface area contributed by atoms with E-state index < -0.39 is 0 Å². The third-order valence-corrected chi connectivity index (χ3v) is 4.48. The van der Waals surface area contributed by atoms with Gasteiger partial charge in [0.1, 0.15) is 5.69 Å². The molecule has 1 saturated heterocycles. The molecule has 2 amide bonds. The van der Waals surface area contributed by atoms with Gasteiger partial charge < -0.3 is 15.1 Å². The van der Waals surface area contributed by atoms with Crippen LogP contribution in [-0.4, -0.2) is 53.3 Å². The highest BCUT2D eigenvalue weighted by Gasteiger charge is 2.22. The second-order valence-electron chi connectivity index (χ2n) is 6.26. The molecule has 1 aliphatic heterocycles. The van der Waals surface area contributed by atoms with E-state index in [0.29, 0.717) is 31.9 Å². The molecule has 1 N–H and O–H groups in total. The van der Waals surface area contributed by atoms with Crippen LogP contribution in [0.15, 0.2) is 36.5 Å². The summed E-state index contributed by atoms with van der Waals surface area (Å²) in [6, 6.07) is 9.75. The van der Waals surface area contributed by atoms with Gasteiger partial charge in [-0.25, -0.2) is 4.98 Å². The zero-order valence-electron chi connectivity index (χ0n) is 14.5. The lowest BCUT2D eigenvalue weighted by molar-refractivity contribution is -0.119. The van der Waals surface area contributed by atoms with E-state index in [2.05, 4.69) is 36.3 Å². The van der Waals surface area contributed by atoms with Crippen LogP contribution in [0.2, 0.25) is 0 Å². The molecular formula is C19H22N4O2. The molecule has 1 aromatic heterocycles. The molecule has 0 spiro atoms. The Kier molecular flexibility index (Phi) is 4.97. The molecule has 0 atom stereocenters. The van der Waals surface area contributed by atoms with E-state index in [-0.39, 0.29) is 5.91 Å². The second kappa shape index (κ2) is 7.34. The molecule has 2 aromatic rings. The van der Waals surface area contributed by atoms with Crippen LogP contribution in [-0.2, 0) is 4.79 Å². The van der Waals surface area contributed by atoms with Gasteiger partial charge in [0.2, 0.25) is 6.41 Å². The highest BCUT2D eigenvalue weighted by molar-refractivity contribution is 5.92. The van der Waals surface area contributed by atoms with Crippen LogP contribution in [0.1, 0.15) is 21.6 Å². The number of amides is 2. The van der Waals surface area contributed by atoms with Crippen LogP contribution in [0, 0.1) is 13.8 Å². The predicted molar refractivity (Wildman–Crippen MR) is 97.0 cm³/mol. The lowest BCUT2D eigenvalue weighted by atomic mass is 10.1. The maximum absolute atomic E-state index is 12.5. The van der Waals surface area contributed by atoms with Crippen molar-refractivity contribution in [3.8, 4) is 0 Å². The van der Waals surface area contributed by atoms with Crippen molar-refractivity contribution in [2.75, 3.05) is 31.5 Å². The van der Waals surface area contributed by atoms with Crippen molar-refractivity contribution in [1.29, 1.82) is 0 Å². The van der Waals surface area contributed by atoms with E-state index in [1.165, 1.54) is 0 Å². The molecule has 130 valence electrons. The number of carbonyl (C=O) groups is 2. The van der Waals surface area contributed by atoms with E-state index in [4.69, 9.17) is 0 Å². The quantitative estimate of drug-likeness (QED) is 0.869. The predicted octanol–water partition coefficient (Wildman–Crippen LogP) is 2.36. The molecule has 1 fully saturated rings. The maximum Gasteiger partial charge on any atom is 0.272 e. The molecule has 0 unspecified atom stereocenters. The van der Waals surface area contributed by atoms with E-state index >= 15 is 0 Å². The number of aromatic nitrogens is 1. The molecule has 6 nitrogen and oxygen atoms in total. The van der Waals surface area contributed by atoms with Crippen molar-refractivity contribution < 1.29 is 9.59 Å². The fourth-order valence-electron chi connectivity index (χ4n) is 2.94. The second-order valence-corrected chi connectivity index (χ2v) is 6.26. The SMILES string of the molecule is Cc1cccc(C)c1Nc1ccc(C(=O)N2CCN(C=O)CC2)nc1. The summed E-state index contributed by atoms with van der Waals surface area (Å²) < 4.78 is 0. The zero-order valence-corrected chi connectivity index (χ0v) is 14.5. The smallest absolute Gasteiger partial charge is 0.272 e. The summed E-state index contributed by atoms with van der Waals surface area (Å²) in [6.45, 7) is 6.34. The summed E-state index contributed by atoms with van der Waals surface area (Å²) in [6.07, 6.45) is 2.51. The first-order chi connectivity index (χ1) is 12.1. The third-order valence-electron chi connectivity index (χ3n) is 4.48. The summed E-state index contributed by atoms with van der Waals surface area (Å²) in [4.78, 5) is 31.0. The van der Waals surface area contributed by atoms with Crippen LogP contribution < -0.4 is 5.32 Å². The van der Waals surface area contributed by atoms with Gasteiger partial charge in [-0.05, 0) is 37.1 Å². The van der Waals surface area contributed by atoms with Gasteiger partial charge in [-0.2, -0.15) is 0 Å². The summed E-state index contributed by atoms with van der Waals surface area (Å²) in [7, 11) is 0. The van der Waals surface area contributed by atoms with Crippen LogP contribution in [0.3, 0.4) is 0 Å². The molecule has 0 radical (unpaired) electrons. The molecule has 25 heavy (non-hydrogen) atoms. The number of aryl methyl sites for hydroxylation is 2. The van der Waals surface area contributed by atoms with E-state index in [1.807, 2.05) is 12.1 Å². The number of para-hydroxylation sites is 1. The van der Waals surface area contributed by atoms with Crippen molar-refractivity contribution in [3.05, 3.63) is 53.3 Å². The number of rotatable bonds is 4. The van der Waals surface area contributed by atoms with Crippen LogP contribution in [0.25, 0.3) is 0 Å². The number of anilines is 2. The van der Waals surface area contributed by atoms with E-state index in [1.54, 1.807) is 22.1 Å². The number of nitrogens with one attached hydrogen (secondary N) is 1. The first kappa shape index (κ1) is 17.0. The van der Waals surface area contributed by atoms with Crippen molar-refractivity contribution in [2.45, 2.75) is 13.8 Å². The van der Waals surface area contributed by atoms with Gasteiger partial charge >= 0.3 is 0 Å². The fourth-order valence-corrected chi connectivity index (χ4v) is 2.94. The topological polar surface area (TPSA) is 65.5 Å². The van der Waals surface area contributed by atoms with Crippen LogP contribution in [0.4, 0.5) is 11.4 Å². The molecule has 2 heterocycles. The van der Waals surface area contributed by atoms with E-state index in [0.717, 1.165) is 28.9 Å². The highest BCUT2D eigenvalue weighted by Crippen LogP contribution is 2.24. The Morgan fingerprint density at radius 2 is 1.76 bits per heavy atom. The number of hydrogen-bond donors (Lipinski definition) is 1. The Balaban J connectivity index is 1.68. The lowest BCUT2D eigenvalue weighted by Crippen LogP contribution is -2.48. The Morgan fingerprint density at radius 3 is 2.32 bits per heavy atom. The number of carbonyl (C=O) groups excluding carboxylic acids is 2. The number of benzene rings is 1. The Hall–Kier alpha value is -2.89. The van der Waals surface area contributed by atoms with Gasteiger partial charge in [-0.15, -0.1) is 0 Å². The zero-order chi connectivity index (χ0) is 17.8. The maximum atomic E-state index is 12.5. The summed E-state index contributed by atoms with van der Waals surface area (Å²) in [5.74, 6) is -0.0934. The number of piperazine rings is 1. The molecule has 3 rings (SSSR count). The molecule has 1 aliphatic rings. The van der Waals surface area contributed by atoms with Gasteiger partial charge in [0.25, 0.3) is 5.91 Å².